The topological polar surface area (TPSA) is 74.2 Å². The molecule has 0 saturated carbocycles. The van der Waals surface area contributed by atoms with Crippen molar-refractivity contribution in [3.05, 3.63) is 138 Å². The highest BCUT2D eigenvalue weighted by molar-refractivity contribution is 7.86. The van der Waals surface area contributed by atoms with Gasteiger partial charge in [0, 0.05) is 4.90 Å². The molecule has 4 aromatic rings. The molecule has 0 spiro atoms. The van der Waals surface area contributed by atoms with Crippen LogP contribution in [-0.4, -0.2) is 39.4 Å². The summed E-state index contributed by atoms with van der Waals surface area (Å²) < 4.78 is 38.9. The first kappa shape index (κ1) is 27.4. The number of hydrogen-bond acceptors (Lipinski definition) is 6. The zero-order chi connectivity index (χ0) is 26.9. The van der Waals surface area contributed by atoms with Crippen LogP contribution < -0.4 is 0 Å². The summed E-state index contributed by atoms with van der Waals surface area (Å²) in [4.78, 5) is 0.429. The first-order valence-corrected chi connectivity index (χ1v) is 14.1. The van der Waals surface area contributed by atoms with Crippen LogP contribution in [0.2, 0.25) is 0 Å². The largest absolute Gasteiger partial charge is 0.368 e. The quantitative estimate of drug-likeness (QED) is 0.279. The molecule has 2 unspecified atom stereocenters. The lowest BCUT2D eigenvalue weighted by atomic mass is 10.0. The number of benzene rings is 4. The van der Waals surface area contributed by atoms with E-state index in [0.29, 0.717) is 11.5 Å². The minimum absolute atomic E-state index is 0.0213. The highest BCUT2D eigenvalue weighted by Crippen LogP contribution is 2.36. The third-order valence-electron chi connectivity index (χ3n) is 6.57. The molecule has 5 rings (SSSR count). The fourth-order valence-electron chi connectivity index (χ4n) is 4.50. The van der Waals surface area contributed by atoms with Gasteiger partial charge in [-0.2, -0.15) is 0 Å². The van der Waals surface area contributed by atoms with Gasteiger partial charge in [0.15, 0.2) is 6.10 Å². The fraction of sp³-hybridized carbons (Fsp3) is 0.250. The maximum absolute atomic E-state index is 13.8. The van der Waals surface area contributed by atoms with Crippen molar-refractivity contribution < 1.29 is 28.3 Å². The van der Waals surface area contributed by atoms with E-state index in [2.05, 4.69) is 0 Å². The highest BCUT2D eigenvalue weighted by atomic mass is 32.2. The average molecular weight is 545 g/mol. The predicted molar refractivity (Wildman–Crippen MR) is 149 cm³/mol. The van der Waals surface area contributed by atoms with E-state index in [4.69, 9.17) is 18.9 Å². The van der Waals surface area contributed by atoms with Crippen LogP contribution >= 0.6 is 0 Å². The van der Waals surface area contributed by atoms with E-state index < -0.39 is 34.2 Å². The van der Waals surface area contributed by atoms with E-state index in [1.165, 1.54) is 0 Å². The standard InChI is InChI=1S/C32H32O6S/c33-32(39(34)28-19-11-4-12-20-28)31(37-23-27-17-9-3-10-18-27)30(36-22-26-15-7-2-8-16-26)29(24-38-32)35-21-25-13-5-1-6-14-25/h1-20,29-31,33H,21-24H2/t29-,30-,31+,32?,39?/m0/s1. The van der Waals surface area contributed by atoms with E-state index in [9.17, 15) is 9.32 Å². The zero-order valence-corrected chi connectivity index (χ0v) is 22.3. The molecule has 1 fully saturated rings. The lowest BCUT2D eigenvalue weighted by Gasteiger charge is -2.46. The third kappa shape index (κ3) is 6.89. The van der Waals surface area contributed by atoms with Crippen molar-refractivity contribution in [3.63, 3.8) is 0 Å². The Balaban J connectivity index is 1.46. The van der Waals surface area contributed by atoms with Crippen molar-refractivity contribution in [1.82, 2.24) is 0 Å². The van der Waals surface area contributed by atoms with Gasteiger partial charge in [0.05, 0.1) is 26.4 Å². The number of aliphatic hydroxyl groups is 1. The van der Waals surface area contributed by atoms with E-state index in [1.54, 1.807) is 24.3 Å². The molecule has 1 saturated heterocycles. The van der Waals surface area contributed by atoms with Crippen LogP contribution in [0.4, 0.5) is 0 Å². The Kier molecular flexibility index (Phi) is 9.32. The Morgan fingerprint density at radius 1 is 0.667 bits per heavy atom. The van der Waals surface area contributed by atoms with E-state index in [1.807, 2.05) is 97.1 Å². The summed E-state index contributed by atoms with van der Waals surface area (Å²) >= 11 is 0. The van der Waals surface area contributed by atoms with Gasteiger partial charge in [-0.1, -0.05) is 109 Å². The fourth-order valence-corrected chi connectivity index (χ4v) is 5.83. The molecule has 0 radical (unpaired) electrons. The molecule has 1 N–H and O–H groups in total. The summed E-state index contributed by atoms with van der Waals surface area (Å²) in [6, 6.07) is 38.0. The predicted octanol–water partition coefficient (Wildman–Crippen LogP) is 5.23. The minimum atomic E-state index is -2.16. The third-order valence-corrected chi connectivity index (χ3v) is 8.15. The molecule has 0 aliphatic carbocycles. The Labute approximate surface area is 231 Å². The Morgan fingerprint density at radius 3 is 1.62 bits per heavy atom. The second kappa shape index (κ2) is 13.3. The smallest absolute Gasteiger partial charge is 0.279 e. The zero-order valence-electron chi connectivity index (χ0n) is 21.5. The van der Waals surface area contributed by atoms with E-state index >= 15 is 0 Å². The Morgan fingerprint density at radius 2 is 1.10 bits per heavy atom. The highest BCUT2D eigenvalue weighted by Gasteiger charge is 2.56. The van der Waals surface area contributed by atoms with Crippen LogP contribution in [0, 0.1) is 0 Å². The molecule has 5 atom stereocenters. The van der Waals surface area contributed by atoms with Crippen molar-refractivity contribution in [3.8, 4) is 0 Å². The molecular weight excluding hydrogens is 512 g/mol. The van der Waals surface area contributed by atoms with Gasteiger partial charge in [-0.25, -0.2) is 4.21 Å². The average Bonchev–Trinajstić information content (AvgIpc) is 3.00. The molecule has 4 aromatic carbocycles. The van der Waals surface area contributed by atoms with Gasteiger partial charge in [-0.05, 0) is 28.8 Å². The van der Waals surface area contributed by atoms with Crippen LogP contribution in [0.1, 0.15) is 16.7 Å². The van der Waals surface area contributed by atoms with Gasteiger partial charge < -0.3 is 24.1 Å². The van der Waals surface area contributed by atoms with Gasteiger partial charge in [0.25, 0.3) is 5.12 Å². The second-order valence-electron chi connectivity index (χ2n) is 9.34. The molecule has 1 aliphatic heterocycles. The van der Waals surface area contributed by atoms with Crippen molar-refractivity contribution in [2.75, 3.05) is 6.61 Å². The van der Waals surface area contributed by atoms with E-state index in [0.717, 1.165) is 16.7 Å². The molecule has 1 heterocycles. The van der Waals surface area contributed by atoms with Crippen LogP contribution in [0.3, 0.4) is 0 Å². The lowest BCUT2D eigenvalue weighted by Crippen LogP contribution is -2.64. The minimum Gasteiger partial charge on any atom is -0.368 e. The van der Waals surface area contributed by atoms with Gasteiger partial charge >= 0.3 is 0 Å². The van der Waals surface area contributed by atoms with Gasteiger partial charge in [-0.3, -0.25) is 0 Å². The molecular formula is C32H32O6S. The maximum Gasteiger partial charge on any atom is 0.279 e. The SMILES string of the molecule is O=S(c1ccccc1)C1(O)OC[C@H](OCc2ccccc2)[C@H](OCc2ccccc2)[C@H]1OCc1ccccc1. The van der Waals surface area contributed by atoms with Crippen molar-refractivity contribution in [1.29, 1.82) is 0 Å². The number of hydrogen-bond donors (Lipinski definition) is 1. The van der Waals surface area contributed by atoms with Gasteiger partial charge in [-0.15, -0.1) is 0 Å². The van der Waals surface area contributed by atoms with Crippen molar-refractivity contribution in [2.24, 2.45) is 0 Å². The lowest BCUT2D eigenvalue weighted by molar-refractivity contribution is -0.305. The monoisotopic (exact) mass is 544 g/mol. The molecule has 1 aliphatic rings. The molecule has 202 valence electrons. The number of ether oxygens (including phenoxy) is 4. The first-order chi connectivity index (χ1) is 19.1. The van der Waals surface area contributed by atoms with Gasteiger partial charge in [0.1, 0.15) is 23.0 Å². The number of rotatable bonds is 11. The molecule has 0 amide bonds. The summed E-state index contributed by atoms with van der Waals surface area (Å²) in [7, 11) is -1.97. The molecule has 6 nitrogen and oxygen atoms in total. The Bertz CT molecular complexity index is 1310. The van der Waals surface area contributed by atoms with Crippen LogP contribution in [0.15, 0.2) is 126 Å². The van der Waals surface area contributed by atoms with Crippen LogP contribution in [0.5, 0.6) is 0 Å². The molecule has 7 heteroatoms. The summed E-state index contributed by atoms with van der Waals surface area (Å²) in [5.41, 5.74) is 2.86. The van der Waals surface area contributed by atoms with Crippen LogP contribution in [0.25, 0.3) is 0 Å². The first-order valence-electron chi connectivity index (χ1n) is 12.9. The van der Waals surface area contributed by atoms with Crippen molar-refractivity contribution >= 4 is 10.8 Å². The normalized spacial score (nSPS) is 23.8. The summed E-state index contributed by atoms with van der Waals surface area (Å²) in [5, 5.41) is 9.76. The summed E-state index contributed by atoms with van der Waals surface area (Å²) in [6.07, 6.45) is -2.47. The molecule has 0 bridgehead atoms. The summed E-state index contributed by atoms with van der Waals surface area (Å²) in [5.74, 6) is 0. The van der Waals surface area contributed by atoms with Gasteiger partial charge in [0.2, 0.25) is 0 Å². The maximum atomic E-state index is 13.8. The van der Waals surface area contributed by atoms with Crippen LogP contribution in [-0.2, 0) is 49.6 Å². The second-order valence-corrected chi connectivity index (χ2v) is 10.9. The Hall–Kier alpha value is -3.17. The van der Waals surface area contributed by atoms with Crippen molar-refractivity contribution in [2.45, 2.75) is 48.1 Å². The molecule has 0 aromatic heterocycles. The van der Waals surface area contributed by atoms with E-state index in [-0.39, 0.29) is 19.8 Å². The summed E-state index contributed by atoms with van der Waals surface area (Å²) in [6.45, 7) is 0.730. The molecule has 39 heavy (non-hydrogen) atoms.